The summed E-state index contributed by atoms with van der Waals surface area (Å²) in [6.45, 7) is 2.25. The molecule has 1 aliphatic rings. The number of methoxy groups -OCH3 is 1. The van der Waals surface area contributed by atoms with Crippen molar-refractivity contribution in [3.63, 3.8) is 0 Å². The topological polar surface area (TPSA) is 21.3 Å². The Morgan fingerprint density at radius 1 is 1.25 bits per heavy atom. The normalized spacial score (nSPS) is 23.1. The van der Waals surface area contributed by atoms with Crippen molar-refractivity contribution < 1.29 is 4.74 Å². The van der Waals surface area contributed by atoms with Crippen molar-refractivity contribution in [2.45, 2.75) is 37.8 Å². The van der Waals surface area contributed by atoms with E-state index in [1.165, 1.54) is 23.3 Å². The third-order valence-corrected chi connectivity index (χ3v) is 5.21. The van der Waals surface area contributed by atoms with Crippen LogP contribution in [0.3, 0.4) is 0 Å². The van der Waals surface area contributed by atoms with Gasteiger partial charge >= 0.3 is 0 Å². The average Bonchev–Trinajstić information content (AvgIpc) is 2.96. The number of nitrogens with one attached hydrogen (secondary N) is 1. The van der Waals surface area contributed by atoms with Crippen LogP contribution >= 0.6 is 11.3 Å². The van der Waals surface area contributed by atoms with Crippen LogP contribution in [-0.2, 0) is 0 Å². The van der Waals surface area contributed by atoms with E-state index in [2.05, 4.69) is 48.0 Å². The van der Waals surface area contributed by atoms with Crippen molar-refractivity contribution in [1.82, 2.24) is 5.32 Å². The Morgan fingerprint density at radius 2 is 2.10 bits per heavy atom. The third-order valence-electron chi connectivity index (χ3n) is 4.16. The summed E-state index contributed by atoms with van der Waals surface area (Å²) in [6.07, 6.45) is 2.45. The fraction of sp³-hybridized carbons (Fsp3) is 0.412. The van der Waals surface area contributed by atoms with E-state index in [1.54, 1.807) is 7.11 Å². The summed E-state index contributed by atoms with van der Waals surface area (Å²) in [4.78, 5) is 1.43. The first-order valence-corrected chi connectivity index (χ1v) is 8.07. The van der Waals surface area contributed by atoms with Gasteiger partial charge in [0.2, 0.25) is 0 Å². The van der Waals surface area contributed by atoms with E-state index in [1.807, 2.05) is 17.4 Å². The summed E-state index contributed by atoms with van der Waals surface area (Å²) in [5, 5.41) is 5.87. The standard InChI is InChI=1S/C17H21NOS/c1-12(17-7-4-8-20-17)18-15-9-14(10-15)13-5-3-6-16(11-13)19-2/h3-8,11-12,14-15,18H,9-10H2,1-2H3/t12-,14?,15?/m1/s1. The Hall–Kier alpha value is -1.32. The maximum atomic E-state index is 5.30. The molecule has 0 bridgehead atoms. The Balaban J connectivity index is 1.53. The third kappa shape index (κ3) is 2.89. The number of benzene rings is 1. The molecule has 1 N–H and O–H groups in total. The van der Waals surface area contributed by atoms with Gasteiger partial charge in [0.1, 0.15) is 5.75 Å². The van der Waals surface area contributed by atoms with Crippen LogP contribution in [0.5, 0.6) is 5.75 Å². The molecule has 1 aliphatic carbocycles. The number of hydrogen-bond acceptors (Lipinski definition) is 3. The molecule has 0 amide bonds. The average molecular weight is 287 g/mol. The lowest BCUT2D eigenvalue weighted by molar-refractivity contribution is 0.271. The Labute approximate surface area is 124 Å². The maximum Gasteiger partial charge on any atom is 0.119 e. The molecule has 1 heterocycles. The Morgan fingerprint density at radius 3 is 2.80 bits per heavy atom. The van der Waals surface area contributed by atoms with Crippen molar-refractivity contribution in [3.05, 3.63) is 52.2 Å². The lowest BCUT2D eigenvalue weighted by Crippen LogP contribution is -2.41. The summed E-state index contributed by atoms with van der Waals surface area (Å²) < 4.78 is 5.30. The molecule has 2 aromatic rings. The SMILES string of the molecule is COc1cccc(C2CC(N[C@H](C)c3cccs3)C2)c1. The molecule has 2 nitrogen and oxygen atoms in total. The van der Waals surface area contributed by atoms with Crippen LogP contribution < -0.4 is 10.1 Å². The van der Waals surface area contributed by atoms with Gasteiger partial charge in [-0.25, -0.2) is 0 Å². The Bertz CT molecular complexity index is 546. The summed E-state index contributed by atoms with van der Waals surface area (Å²) in [6, 6.07) is 13.9. The van der Waals surface area contributed by atoms with Crippen molar-refractivity contribution in [3.8, 4) is 5.75 Å². The first kappa shape index (κ1) is 13.7. The second-order valence-electron chi connectivity index (χ2n) is 5.55. The maximum absolute atomic E-state index is 5.30. The van der Waals surface area contributed by atoms with E-state index in [4.69, 9.17) is 4.74 Å². The molecule has 106 valence electrons. The number of rotatable bonds is 5. The lowest BCUT2D eigenvalue weighted by atomic mass is 9.75. The second-order valence-corrected chi connectivity index (χ2v) is 6.52. The minimum Gasteiger partial charge on any atom is -0.497 e. The van der Waals surface area contributed by atoms with Gasteiger partial charge in [0, 0.05) is 17.0 Å². The Kier molecular flexibility index (Phi) is 4.08. The quantitative estimate of drug-likeness (QED) is 0.882. The summed E-state index contributed by atoms with van der Waals surface area (Å²) >= 11 is 1.83. The fourth-order valence-corrected chi connectivity index (χ4v) is 3.64. The van der Waals surface area contributed by atoms with E-state index in [-0.39, 0.29) is 0 Å². The van der Waals surface area contributed by atoms with E-state index in [0.717, 1.165) is 5.75 Å². The van der Waals surface area contributed by atoms with Gasteiger partial charge in [-0.2, -0.15) is 0 Å². The van der Waals surface area contributed by atoms with E-state index in [9.17, 15) is 0 Å². The predicted octanol–water partition coefficient (Wildman–Crippen LogP) is 4.35. The zero-order valence-corrected chi connectivity index (χ0v) is 12.8. The molecule has 1 fully saturated rings. The van der Waals surface area contributed by atoms with Crippen LogP contribution in [0.4, 0.5) is 0 Å². The van der Waals surface area contributed by atoms with Gasteiger partial charge in [-0.1, -0.05) is 18.2 Å². The van der Waals surface area contributed by atoms with Gasteiger partial charge in [0.25, 0.3) is 0 Å². The molecule has 1 saturated carbocycles. The molecule has 3 heteroatoms. The van der Waals surface area contributed by atoms with E-state index in [0.29, 0.717) is 18.0 Å². The molecule has 20 heavy (non-hydrogen) atoms. The van der Waals surface area contributed by atoms with Crippen molar-refractivity contribution in [1.29, 1.82) is 0 Å². The summed E-state index contributed by atoms with van der Waals surface area (Å²) in [7, 11) is 1.73. The van der Waals surface area contributed by atoms with Crippen molar-refractivity contribution in [2.24, 2.45) is 0 Å². The van der Waals surface area contributed by atoms with Gasteiger partial charge in [0.15, 0.2) is 0 Å². The monoisotopic (exact) mass is 287 g/mol. The zero-order chi connectivity index (χ0) is 13.9. The first-order chi connectivity index (χ1) is 9.76. The molecule has 1 aromatic carbocycles. The first-order valence-electron chi connectivity index (χ1n) is 7.19. The van der Waals surface area contributed by atoms with Crippen LogP contribution in [0.15, 0.2) is 41.8 Å². The van der Waals surface area contributed by atoms with Crippen molar-refractivity contribution in [2.75, 3.05) is 7.11 Å². The summed E-state index contributed by atoms with van der Waals surface area (Å²) in [5.41, 5.74) is 1.41. The van der Waals surface area contributed by atoms with Crippen LogP contribution in [-0.4, -0.2) is 13.2 Å². The predicted molar refractivity (Wildman–Crippen MR) is 84.6 cm³/mol. The largest absolute Gasteiger partial charge is 0.497 e. The van der Waals surface area contributed by atoms with Gasteiger partial charge in [-0.15, -0.1) is 11.3 Å². The zero-order valence-electron chi connectivity index (χ0n) is 12.0. The van der Waals surface area contributed by atoms with Crippen LogP contribution in [0.25, 0.3) is 0 Å². The van der Waals surface area contributed by atoms with Gasteiger partial charge in [0.05, 0.1) is 7.11 Å². The smallest absolute Gasteiger partial charge is 0.119 e. The second kappa shape index (κ2) is 5.98. The molecule has 0 unspecified atom stereocenters. The van der Waals surface area contributed by atoms with E-state index >= 15 is 0 Å². The minimum atomic E-state index is 0.464. The highest BCUT2D eigenvalue weighted by Gasteiger charge is 2.31. The number of hydrogen-bond donors (Lipinski definition) is 1. The molecule has 0 saturated heterocycles. The van der Waals surface area contributed by atoms with Gasteiger partial charge in [-0.05, 0) is 54.8 Å². The summed E-state index contributed by atoms with van der Waals surface area (Å²) in [5.74, 6) is 1.64. The molecular formula is C17H21NOS. The lowest BCUT2D eigenvalue weighted by Gasteiger charge is -2.38. The molecule has 1 aromatic heterocycles. The van der Waals surface area contributed by atoms with Crippen LogP contribution in [0, 0.1) is 0 Å². The molecular weight excluding hydrogens is 266 g/mol. The molecule has 0 radical (unpaired) electrons. The van der Waals surface area contributed by atoms with E-state index < -0.39 is 0 Å². The highest BCUT2D eigenvalue weighted by molar-refractivity contribution is 7.10. The number of ether oxygens (including phenoxy) is 1. The minimum absolute atomic E-state index is 0.464. The van der Waals surface area contributed by atoms with Crippen LogP contribution in [0.1, 0.15) is 42.2 Å². The molecule has 0 spiro atoms. The molecule has 3 rings (SSSR count). The molecule has 0 aliphatic heterocycles. The van der Waals surface area contributed by atoms with Gasteiger partial charge in [-0.3, -0.25) is 0 Å². The molecule has 1 atom stereocenters. The highest BCUT2D eigenvalue weighted by Crippen LogP contribution is 2.39. The highest BCUT2D eigenvalue weighted by atomic mass is 32.1. The number of thiophene rings is 1. The van der Waals surface area contributed by atoms with Gasteiger partial charge < -0.3 is 10.1 Å². The van der Waals surface area contributed by atoms with Crippen LogP contribution in [0.2, 0.25) is 0 Å². The fourth-order valence-electron chi connectivity index (χ4n) is 2.89. The van der Waals surface area contributed by atoms with Crippen molar-refractivity contribution >= 4 is 11.3 Å².